The molecule has 0 aliphatic carbocycles. The summed E-state index contributed by atoms with van der Waals surface area (Å²) < 4.78 is 24.1. The minimum absolute atomic E-state index is 0.0111. The van der Waals surface area contributed by atoms with E-state index in [-0.39, 0.29) is 12.3 Å². The van der Waals surface area contributed by atoms with Gasteiger partial charge in [-0.15, -0.1) is 0 Å². The van der Waals surface area contributed by atoms with Crippen molar-refractivity contribution in [3.8, 4) is 11.5 Å². The van der Waals surface area contributed by atoms with E-state index in [1.807, 2.05) is 13.0 Å². The Kier molecular flexibility index (Phi) is 5.22. The normalized spacial score (nSPS) is 10.2. The van der Waals surface area contributed by atoms with Crippen molar-refractivity contribution in [2.45, 2.75) is 6.92 Å². The van der Waals surface area contributed by atoms with E-state index in [1.54, 1.807) is 12.1 Å². The van der Waals surface area contributed by atoms with Crippen molar-refractivity contribution in [1.82, 2.24) is 0 Å². The van der Waals surface area contributed by atoms with Gasteiger partial charge in [0.2, 0.25) is 0 Å². The predicted octanol–water partition coefficient (Wildman–Crippen LogP) is 3.81. The van der Waals surface area contributed by atoms with E-state index in [4.69, 9.17) is 21.1 Å². The highest BCUT2D eigenvalue weighted by Gasteiger charge is 2.10. The minimum Gasteiger partial charge on any atom is -0.493 e. The van der Waals surface area contributed by atoms with Crippen LogP contribution >= 0.6 is 11.6 Å². The average Bonchev–Trinajstić information content (AvgIpc) is 2.49. The van der Waals surface area contributed by atoms with Gasteiger partial charge < -0.3 is 14.8 Å². The molecule has 0 unspecified atom stereocenters. The van der Waals surface area contributed by atoms with Gasteiger partial charge in [-0.25, -0.2) is 4.39 Å². The van der Waals surface area contributed by atoms with Crippen LogP contribution in [0, 0.1) is 12.7 Å². The Morgan fingerprint density at radius 2 is 2.00 bits per heavy atom. The molecule has 0 aliphatic rings. The minimum atomic E-state index is -0.564. The summed E-state index contributed by atoms with van der Waals surface area (Å²) in [5.74, 6) is -0.0917. The molecule has 1 amide bonds. The van der Waals surface area contributed by atoms with E-state index < -0.39 is 11.7 Å². The maximum atomic E-state index is 13.5. The number of benzene rings is 2. The van der Waals surface area contributed by atoms with Crippen LogP contribution in [-0.2, 0) is 4.79 Å². The Balaban J connectivity index is 2.00. The van der Waals surface area contributed by atoms with Crippen molar-refractivity contribution < 1.29 is 18.7 Å². The molecule has 116 valence electrons. The maximum Gasteiger partial charge on any atom is 0.262 e. The van der Waals surface area contributed by atoms with Gasteiger partial charge >= 0.3 is 0 Å². The zero-order chi connectivity index (χ0) is 16.1. The Hall–Kier alpha value is -2.27. The monoisotopic (exact) mass is 323 g/mol. The summed E-state index contributed by atoms with van der Waals surface area (Å²) in [5.41, 5.74) is 1.02. The topological polar surface area (TPSA) is 47.6 Å². The third kappa shape index (κ3) is 4.11. The first-order chi connectivity index (χ1) is 10.5. The molecule has 22 heavy (non-hydrogen) atoms. The van der Waals surface area contributed by atoms with Crippen LogP contribution in [0.4, 0.5) is 10.1 Å². The molecule has 0 heterocycles. The molecule has 4 nitrogen and oxygen atoms in total. The summed E-state index contributed by atoms with van der Waals surface area (Å²) in [6.45, 7) is 1.65. The van der Waals surface area contributed by atoms with Gasteiger partial charge in [0.15, 0.2) is 18.1 Å². The van der Waals surface area contributed by atoms with E-state index >= 15 is 0 Å². The van der Waals surface area contributed by atoms with Crippen LogP contribution in [-0.4, -0.2) is 19.6 Å². The fraction of sp³-hybridized carbons (Fsp3) is 0.188. The summed E-state index contributed by atoms with van der Waals surface area (Å²) in [5, 5.41) is 2.74. The number of rotatable bonds is 5. The number of ether oxygens (including phenoxy) is 2. The number of hydrogen-bond acceptors (Lipinski definition) is 3. The summed E-state index contributed by atoms with van der Waals surface area (Å²) in [4.78, 5) is 11.8. The summed E-state index contributed by atoms with van der Waals surface area (Å²) in [6, 6.07) is 9.26. The first-order valence-electron chi connectivity index (χ1n) is 6.52. The molecule has 6 heteroatoms. The van der Waals surface area contributed by atoms with E-state index in [9.17, 15) is 9.18 Å². The number of anilines is 1. The highest BCUT2D eigenvalue weighted by Crippen LogP contribution is 2.27. The van der Waals surface area contributed by atoms with Crippen molar-refractivity contribution in [1.29, 1.82) is 0 Å². The molecule has 0 spiro atoms. The molecule has 0 bridgehead atoms. The lowest BCUT2D eigenvalue weighted by Crippen LogP contribution is -2.21. The number of methoxy groups -OCH3 is 1. The fourth-order valence-corrected chi connectivity index (χ4v) is 1.99. The Morgan fingerprint density at radius 1 is 1.23 bits per heavy atom. The van der Waals surface area contributed by atoms with Crippen LogP contribution < -0.4 is 14.8 Å². The Labute approximate surface area is 132 Å². The first kappa shape index (κ1) is 16.1. The summed E-state index contributed by atoms with van der Waals surface area (Å²) in [6.07, 6.45) is 0. The van der Waals surface area contributed by atoms with Gasteiger partial charge in [0, 0.05) is 5.02 Å². The van der Waals surface area contributed by atoms with E-state index in [1.165, 1.54) is 25.3 Å². The molecular weight excluding hydrogens is 309 g/mol. The molecule has 0 aliphatic heterocycles. The van der Waals surface area contributed by atoms with Gasteiger partial charge in [0.05, 0.1) is 12.8 Å². The van der Waals surface area contributed by atoms with Crippen molar-refractivity contribution in [2.24, 2.45) is 0 Å². The SMILES string of the molecule is COc1cc(C)ccc1OCC(=O)Nc1cc(Cl)ccc1F. The molecule has 0 saturated carbocycles. The number of carbonyl (C=O) groups is 1. The number of halogens is 2. The highest BCUT2D eigenvalue weighted by molar-refractivity contribution is 6.30. The van der Waals surface area contributed by atoms with Crippen molar-refractivity contribution >= 4 is 23.2 Å². The lowest BCUT2D eigenvalue weighted by atomic mass is 10.2. The quantitative estimate of drug-likeness (QED) is 0.910. The van der Waals surface area contributed by atoms with Gasteiger partial charge in [-0.1, -0.05) is 17.7 Å². The molecule has 0 atom stereocenters. The third-order valence-electron chi connectivity index (χ3n) is 2.88. The van der Waals surface area contributed by atoms with Gasteiger partial charge in [0.1, 0.15) is 5.82 Å². The van der Waals surface area contributed by atoms with E-state index in [2.05, 4.69) is 5.32 Å². The van der Waals surface area contributed by atoms with Gasteiger partial charge in [0.25, 0.3) is 5.91 Å². The number of hydrogen-bond donors (Lipinski definition) is 1. The second-order valence-corrected chi connectivity index (χ2v) is 5.05. The fourth-order valence-electron chi connectivity index (χ4n) is 1.82. The number of aryl methyl sites for hydroxylation is 1. The molecule has 2 aromatic rings. The molecule has 2 rings (SSSR count). The molecule has 0 fully saturated rings. The van der Waals surface area contributed by atoms with Crippen LogP contribution in [0.25, 0.3) is 0 Å². The van der Waals surface area contributed by atoms with Crippen molar-refractivity contribution in [3.05, 3.63) is 52.8 Å². The Bertz CT molecular complexity index is 691. The lowest BCUT2D eigenvalue weighted by Gasteiger charge is -2.11. The average molecular weight is 324 g/mol. The van der Waals surface area contributed by atoms with Crippen molar-refractivity contribution in [3.63, 3.8) is 0 Å². The maximum absolute atomic E-state index is 13.5. The van der Waals surface area contributed by atoms with E-state index in [0.29, 0.717) is 16.5 Å². The van der Waals surface area contributed by atoms with Gasteiger partial charge in [-0.05, 0) is 42.8 Å². The third-order valence-corrected chi connectivity index (χ3v) is 3.12. The summed E-state index contributed by atoms with van der Waals surface area (Å²) in [7, 11) is 1.52. The molecule has 0 saturated heterocycles. The van der Waals surface area contributed by atoms with Crippen LogP contribution in [0.15, 0.2) is 36.4 Å². The molecule has 0 aromatic heterocycles. The first-order valence-corrected chi connectivity index (χ1v) is 6.89. The van der Waals surface area contributed by atoms with Crippen LogP contribution in [0.1, 0.15) is 5.56 Å². The lowest BCUT2D eigenvalue weighted by molar-refractivity contribution is -0.118. The van der Waals surface area contributed by atoms with Crippen LogP contribution in [0.3, 0.4) is 0 Å². The Morgan fingerprint density at radius 3 is 2.73 bits per heavy atom. The molecule has 0 radical (unpaired) electrons. The second kappa shape index (κ2) is 7.13. The second-order valence-electron chi connectivity index (χ2n) is 4.62. The van der Waals surface area contributed by atoms with E-state index in [0.717, 1.165) is 5.56 Å². The van der Waals surface area contributed by atoms with Crippen molar-refractivity contribution in [2.75, 3.05) is 19.0 Å². The predicted molar refractivity (Wildman–Crippen MR) is 83.3 cm³/mol. The zero-order valence-electron chi connectivity index (χ0n) is 12.2. The smallest absolute Gasteiger partial charge is 0.262 e. The number of carbonyl (C=O) groups excluding carboxylic acids is 1. The zero-order valence-corrected chi connectivity index (χ0v) is 12.9. The van der Waals surface area contributed by atoms with Crippen LogP contribution in [0.5, 0.6) is 11.5 Å². The van der Waals surface area contributed by atoms with Crippen LogP contribution in [0.2, 0.25) is 5.02 Å². The molecule has 2 aromatic carbocycles. The number of amides is 1. The molecule has 1 N–H and O–H groups in total. The highest BCUT2D eigenvalue weighted by atomic mass is 35.5. The van der Waals surface area contributed by atoms with Gasteiger partial charge in [-0.3, -0.25) is 4.79 Å². The standard InChI is InChI=1S/C16H15ClFNO3/c1-10-3-6-14(15(7-10)21-2)22-9-16(20)19-13-8-11(17)4-5-12(13)18/h3-8H,9H2,1-2H3,(H,19,20). The largest absolute Gasteiger partial charge is 0.493 e. The summed E-state index contributed by atoms with van der Waals surface area (Å²) >= 11 is 5.76. The number of nitrogens with one attached hydrogen (secondary N) is 1. The molecular formula is C16H15ClFNO3. The van der Waals surface area contributed by atoms with Gasteiger partial charge in [-0.2, -0.15) is 0 Å².